The third-order valence-electron chi connectivity index (χ3n) is 5.11. The number of aromatic nitrogens is 1. The summed E-state index contributed by atoms with van der Waals surface area (Å²) in [6, 6.07) is 5.99. The number of amides is 1. The maximum absolute atomic E-state index is 11.9. The van der Waals surface area contributed by atoms with Crippen molar-refractivity contribution in [3.63, 3.8) is 0 Å². The molecule has 1 fully saturated rings. The minimum absolute atomic E-state index is 0.0309. The highest BCUT2D eigenvalue weighted by Gasteiger charge is 2.16. The SMILES string of the molecule is COc1cccc2[nH]cc(CCNC(=NCC(=O)N(C)C)NCC3CCOC3)c12. The molecule has 2 heterocycles. The van der Waals surface area contributed by atoms with E-state index in [2.05, 4.69) is 20.6 Å². The molecule has 1 aliphatic rings. The third kappa shape index (κ3) is 5.63. The van der Waals surface area contributed by atoms with Gasteiger partial charge in [-0.15, -0.1) is 0 Å². The molecule has 2 aromatic rings. The second-order valence-corrected chi connectivity index (χ2v) is 7.44. The summed E-state index contributed by atoms with van der Waals surface area (Å²) in [4.78, 5) is 21.2. The minimum atomic E-state index is -0.0309. The van der Waals surface area contributed by atoms with E-state index in [1.165, 1.54) is 5.56 Å². The number of guanidine groups is 1. The van der Waals surface area contributed by atoms with E-state index in [4.69, 9.17) is 9.47 Å². The molecule has 158 valence electrons. The average molecular weight is 402 g/mol. The van der Waals surface area contributed by atoms with E-state index < -0.39 is 0 Å². The first kappa shape index (κ1) is 21.0. The molecule has 1 atom stereocenters. The zero-order valence-electron chi connectivity index (χ0n) is 17.5. The van der Waals surface area contributed by atoms with Crippen LogP contribution in [-0.2, 0) is 16.0 Å². The van der Waals surface area contributed by atoms with Crippen molar-refractivity contribution >= 4 is 22.8 Å². The zero-order chi connectivity index (χ0) is 20.6. The summed E-state index contributed by atoms with van der Waals surface area (Å²) in [5.41, 5.74) is 2.24. The first-order valence-electron chi connectivity index (χ1n) is 10.0. The Bertz CT molecular complexity index is 840. The summed E-state index contributed by atoms with van der Waals surface area (Å²) in [5, 5.41) is 7.81. The second-order valence-electron chi connectivity index (χ2n) is 7.44. The number of carbonyl (C=O) groups is 1. The van der Waals surface area contributed by atoms with Crippen molar-refractivity contribution in [2.75, 3.05) is 54.1 Å². The first-order chi connectivity index (χ1) is 14.1. The van der Waals surface area contributed by atoms with Crippen LogP contribution in [0.4, 0.5) is 0 Å². The van der Waals surface area contributed by atoms with E-state index in [1.807, 2.05) is 24.4 Å². The monoisotopic (exact) mass is 401 g/mol. The van der Waals surface area contributed by atoms with E-state index in [9.17, 15) is 4.79 Å². The standard InChI is InChI=1S/C21H31N5O3/c1-26(2)19(27)13-25-21(24-11-15-8-10-29-14-15)22-9-7-16-12-23-17-5-4-6-18(28-3)20(16)17/h4-6,12,15,23H,7-11,13-14H2,1-3H3,(H2,22,24,25). The smallest absolute Gasteiger partial charge is 0.243 e. The molecule has 0 aliphatic carbocycles. The average Bonchev–Trinajstić information content (AvgIpc) is 3.39. The van der Waals surface area contributed by atoms with Crippen LogP contribution in [0.3, 0.4) is 0 Å². The lowest BCUT2D eigenvalue weighted by Crippen LogP contribution is -2.41. The lowest BCUT2D eigenvalue weighted by molar-refractivity contribution is -0.127. The van der Waals surface area contributed by atoms with Gasteiger partial charge in [-0.1, -0.05) is 6.07 Å². The van der Waals surface area contributed by atoms with Crippen molar-refractivity contribution in [3.8, 4) is 5.75 Å². The Balaban J connectivity index is 1.61. The van der Waals surface area contributed by atoms with Gasteiger partial charge < -0.3 is 30.0 Å². The van der Waals surface area contributed by atoms with Crippen molar-refractivity contribution in [1.29, 1.82) is 0 Å². The first-order valence-corrected chi connectivity index (χ1v) is 10.0. The highest BCUT2D eigenvalue weighted by molar-refractivity contribution is 5.89. The van der Waals surface area contributed by atoms with Crippen LogP contribution in [0.25, 0.3) is 10.9 Å². The van der Waals surface area contributed by atoms with Gasteiger partial charge in [0, 0.05) is 56.8 Å². The summed E-state index contributed by atoms with van der Waals surface area (Å²) in [5.74, 6) is 1.96. The number of carbonyl (C=O) groups excluding carboxylic acids is 1. The van der Waals surface area contributed by atoms with Gasteiger partial charge in [-0.2, -0.15) is 0 Å². The number of benzene rings is 1. The quantitative estimate of drug-likeness (QED) is 0.459. The molecule has 3 N–H and O–H groups in total. The molecule has 3 rings (SSSR count). The number of fused-ring (bicyclic) bond motifs is 1. The summed E-state index contributed by atoms with van der Waals surface area (Å²) in [6.07, 6.45) is 3.87. The van der Waals surface area contributed by atoms with Gasteiger partial charge in [0.05, 0.1) is 13.7 Å². The van der Waals surface area contributed by atoms with Crippen LogP contribution in [0.2, 0.25) is 0 Å². The van der Waals surface area contributed by atoms with Gasteiger partial charge >= 0.3 is 0 Å². The zero-order valence-corrected chi connectivity index (χ0v) is 17.5. The Morgan fingerprint density at radius 1 is 1.38 bits per heavy atom. The van der Waals surface area contributed by atoms with Gasteiger partial charge in [-0.25, -0.2) is 4.99 Å². The molecule has 1 aliphatic heterocycles. The highest BCUT2D eigenvalue weighted by Crippen LogP contribution is 2.28. The molecule has 0 saturated carbocycles. The number of aromatic amines is 1. The van der Waals surface area contributed by atoms with Gasteiger partial charge in [0.1, 0.15) is 12.3 Å². The maximum Gasteiger partial charge on any atom is 0.243 e. The molecule has 0 radical (unpaired) electrons. The predicted octanol–water partition coefficient (Wildman–Crippen LogP) is 1.38. The summed E-state index contributed by atoms with van der Waals surface area (Å²) < 4.78 is 10.9. The highest BCUT2D eigenvalue weighted by atomic mass is 16.5. The minimum Gasteiger partial charge on any atom is -0.496 e. The Hall–Kier alpha value is -2.74. The number of rotatable bonds is 8. The van der Waals surface area contributed by atoms with Crippen molar-refractivity contribution in [2.24, 2.45) is 10.9 Å². The molecule has 1 unspecified atom stereocenters. The number of methoxy groups -OCH3 is 1. The molecule has 0 bridgehead atoms. The number of nitrogens with zero attached hydrogens (tertiary/aromatic N) is 2. The van der Waals surface area contributed by atoms with E-state index in [0.717, 1.165) is 49.3 Å². The van der Waals surface area contributed by atoms with E-state index in [1.54, 1.807) is 26.1 Å². The Morgan fingerprint density at radius 3 is 2.97 bits per heavy atom. The normalized spacial score (nSPS) is 16.8. The van der Waals surface area contributed by atoms with E-state index in [-0.39, 0.29) is 12.5 Å². The van der Waals surface area contributed by atoms with Crippen LogP contribution < -0.4 is 15.4 Å². The van der Waals surface area contributed by atoms with E-state index >= 15 is 0 Å². The van der Waals surface area contributed by atoms with Gasteiger partial charge in [-0.3, -0.25) is 4.79 Å². The molecule has 1 saturated heterocycles. The number of likely N-dealkylation sites (N-methyl/N-ethyl adjacent to an activating group) is 1. The fourth-order valence-electron chi connectivity index (χ4n) is 3.35. The topological polar surface area (TPSA) is 91.0 Å². The molecule has 1 aromatic heterocycles. The van der Waals surface area contributed by atoms with Crippen LogP contribution in [0.5, 0.6) is 5.75 Å². The lowest BCUT2D eigenvalue weighted by atomic mass is 10.1. The van der Waals surface area contributed by atoms with Gasteiger partial charge in [0.15, 0.2) is 5.96 Å². The van der Waals surface area contributed by atoms with Crippen LogP contribution in [0.1, 0.15) is 12.0 Å². The lowest BCUT2D eigenvalue weighted by Gasteiger charge is -2.16. The molecule has 0 spiro atoms. The Labute approximate surface area is 171 Å². The number of aliphatic imine (C=N–C) groups is 1. The second kappa shape index (κ2) is 10.2. The van der Waals surface area contributed by atoms with Crippen LogP contribution in [0.15, 0.2) is 29.4 Å². The fraction of sp³-hybridized carbons (Fsp3) is 0.524. The van der Waals surface area contributed by atoms with Crippen LogP contribution in [-0.4, -0.2) is 75.8 Å². The van der Waals surface area contributed by atoms with Crippen molar-refractivity contribution in [1.82, 2.24) is 20.5 Å². The van der Waals surface area contributed by atoms with Crippen LogP contribution >= 0.6 is 0 Å². The largest absolute Gasteiger partial charge is 0.496 e. The summed E-state index contributed by atoms with van der Waals surface area (Å²) >= 11 is 0. The number of nitrogens with one attached hydrogen (secondary N) is 3. The molecule has 1 amide bonds. The summed E-state index contributed by atoms with van der Waals surface area (Å²) in [6.45, 7) is 3.17. The summed E-state index contributed by atoms with van der Waals surface area (Å²) in [7, 11) is 5.16. The molecular formula is C21H31N5O3. The Kier molecular flexibility index (Phi) is 7.35. The van der Waals surface area contributed by atoms with E-state index in [0.29, 0.717) is 18.4 Å². The van der Waals surface area contributed by atoms with Crippen LogP contribution in [0, 0.1) is 5.92 Å². The molecule has 8 heteroatoms. The predicted molar refractivity (Wildman–Crippen MR) is 114 cm³/mol. The Morgan fingerprint density at radius 2 is 2.24 bits per heavy atom. The number of ether oxygens (including phenoxy) is 2. The molecule has 8 nitrogen and oxygen atoms in total. The van der Waals surface area contributed by atoms with Crippen molar-refractivity contribution in [2.45, 2.75) is 12.8 Å². The number of hydrogen-bond donors (Lipinski definition) is 3. The number of hydrogen-bond acceptors (Lipinski definition) is 4. The third-order valence-corrected chi connectivity index (χ3v) is 5.11. The molecular weight excluding hydrogens is 370 g/mol. The maximum atomic E-state index is 11.9. The van der Waals surface area contributed by atoms with Crippen molar-refractivity contribution < 1.29 is 14.3 Å². The fourth-order valence-corrected chi connectivity index (χ4v) is 3.35. The molecule has 1 aromatic carbocycles. The number of H-pyrrole nitrogens is 1. The van der Waals surface area contributed by atoms with Crippen molar-refractivity contribution in [3.05, 3.63) is 30.0 Å². The molecule has 29 heavy (non-hydrogen) atoms. The van der Waals surface area contributed by atoms with Gasteiger partial charge in [0.25, 0.3) is 0 Å². The van der Waals surface area contributed by atoms with Gasteiger partial charge in [0.2, 0.25) is 5.91 Å². The van der Waals surface area contributed by atoms with Gasteiger partial charge in [-0.05, 0) is 30.5 Å².